The van der Waals surface area contributed by atoms with Gasteiger partial charge >= 0.3 is 0 Å². The fourth-order valence-electron chi connectivity index (χ4n) is 11.5. The number of hydrogen-bond donors (Lipinski definition) is 2. The smallest absolute Gasteiger partial charge is 0.255 e. The molecular formula is C49H62FN7O5. The van der Waals surface area contributed by atoms with Crippen LogP contribution >= 0.6 is 0 Å². The lowest BCUT2D eigenvalue weighted by Gasteiger charge is -2.56. The number of aromatic hydroxyl groups is 1. The zero-order valence-electron chi connectivity index (χ0n) is 36.6. The molecule has 2 atom stereocenters. The molecule has 0 unspecified atom stereocenters. The number of aryl methyl sites for hydroxylation is 1. The number of amides is 4. The molecule has 0 radical (unpaired) electrons. The van der Waals surface area contributed by atoms with Gasteiger partial charge in [-0.25, -0.2) is 4.39 Å². The van der Waals surface area contributed by atoms with Crippen molar-refractivity contribution >= 4 is 40.7 Å². The number of β-lactam (4-membered cyclic amide) rings is 1. The first-order valence-electron chi connectivity index (χ1n) is 23.1. The number of carbonyl (C=O) groups is 4. The van der Waals surface area contributed by atoms with Gasteiger partial charge in [0.1, 0.15) is 6.04 Å². The predicted octanol–water partition coefficient (Wildman–Crippen LogP) is 6.25. The highest BCUT2D eigenvalue weighted by atomic mass is 19.1. The highest BCUT2D eigenvalue weighted by molar-refractivity contribution is 6.07. The summed E-state index contributed by atoms with van der Waals surface area (Å²) in [6, 6.07) is 16.2. The molecule has 4 amide bonds. The third-order valence-electron chi connectivity index (χ3n) is 15.4. The van der Waals surface area contributed by atoms with Crippen LogP contribution in [0.2, 0.25) is 0 Å². The minimum Gasteiger partial charge on any atom is -0.503 e. The first-order valence-corrected chi connectivity index (χ1v) is 23.1. The van der Waals surface area contributed by atoms with Crippen LogP contribution in [0.15, 0.2) is 54.6 Å². The van der Waals surface area contributed by atoms with Gasteiger partial charge < -0.3 is 29.6 Å². The fraction of sp³-hybridized carbons (Fsp3) is 0.551. The van der Waals surface area contributed by atoms with Crippen molar-refractivity contribution in [3.05, 3.63) is 82.7 Å². The van der Waals surface area contributed by atoms with Crippen LogP contribution in [0, 0.1) is 30.0 Å². The van der Waals surface area contributed by atoms with E-state index in [4.69, 9.17) is 0 Å². The summed E-state index contributed by atoms with van der Waals surface area (Å²) in [7, 11) is 0. The average Bonchev–Trinajstić information content (AvgIpc) is 3.60. The molecule has 3 aromatic carbocycles. The number of carbonyl (C=O) groups excluding carboxylic acids is 4. The number of phenolic OH excluding ortho intramolecular Hbond substituents is 1. The second kappa shape index (κ2) is 17.3. The zero-order chi connectivity index (χ0) is 43.3. The number of fused-ring (bicyclic) bond motifs is 1. The monoisotopic (exact) mass is 847 g/mol. The topological polar surface area (TPSA) is 120 Å². The summed E-state index contributed by atoms with van der Waals surface area (Å²) in [5.41, 5.74) is 5.78. The highest BCUT2D eigenvalue weighted by Crippen LogP contribution is 2.58. The van der Waals surface area contributed by atoms with E-state index in [0.717, 1.165) is 114 Å². The van der Waals surface area contributed by atoms with Crippen molar-refractivity contribution < 1.29 is 28.7 Å². The quantitative estimate of drug-likeness (QED) is 0.171. The molecule has 3 aromatic rings. The lowest BCUT2D eigenvalue weighted by atomic mass is 9.63. The van der Waals surface area contributed by atoms with Crippen molar-refractivity contribution in [1.82, 2.24) is 20.0 Å². The molecule has 6 aliphatic heterocycles. The molecule has 0 spiro atoms. The molecule has 12 nitrogen and oxygen atoms in total. The Morgan fingerprint density at radius 1 is 0.758 bits per heavy atom. The zero-order valence-corrected chi connectivity index (χ0v) is 36.6. The van der Waals surface area contributed by atoms with E-state index in [-0.39, 0.29) is 41.8 Å². The van der Waals surface area contributed by atoms with E-state index < -0.39 is 23.0 Å². The maximum Gasteiger partial charge on any atom is 0.255 e. The Balaban J connectivity index is 0.718. The van der Waals surface area contributed by atoms with Gasteiger partial charge in [0.2, 0.25) is 17.7 Å². The molecule has 0 aromatic heterocycles. The summed E-state index contributed by atoms with van der Waals surface area (Å²) in [5, 5.41) is 13.0. The summed E-state index contributed by atoms with van der Waals surface area (Å²) >= 11 is 0. The van der Waals surface area contributed by atoms with E-state index in [1.54, 1.807) is 21.9 Å². The number of piperidine rings is 3. The minimum atomic E-state index is -0.722. The Bertz CT molecular complexity index is 2210. The highest BCUT2D eigenvalue weighted by Gasteiger charge is 2.60. The molecule has 9 rings (SSSR count). The van der Waals surface area contributed by atoms with Gasteiger partial charge in [-0.1, -0.05) is 26.0 Å². The number of benzene rings is 3. The minimum absolute atomic E-state index is 0.0600. The largest absolute Gasteiger partial charge is 0.503 e. The first-order chi connectivity index (χ1) is 30.0. The molecule has 0 saturated carbocycles. The third-order valence-corrected chi connectivity index (χ3v) is 15.4. The Kier molecular flexibility index (Phi) is 11.8. The van der Waals surface area contributed by atoms with E-state index in [1.807, 2.05) is 19.9 Å². The summed E-state index contributed by atoms with van der Waals surface area (Å²) in [4.78, 5) is 64.5. The summed E-state index contributed by atoms with van der Waals surface area (Å²) in [6.07, 6.45) is 6.60. The number of anilines is 3. The molecule has 0 bridgehead atoms. The number of halogens is 1. The lowest BCUT2D eigenvalue weighted by molar-refractivity contribution is -0.141. The normalized spacial score (nSPS) is 24.1. The Hall–Kier alpha value is -5.01. The third kappa shape index (κ3) is 7.73. The molecule has 62 heavy (non-hydrogen) atoms. The van der Waals surface area contributed by atoms with Crippen molar-refractivity contribution in [2.45, 2.75) is 90.8 Å². The average molecular weight is 848 g/mol. The Morgan fingerprint density at radius 3 is 1.94 bits per heavy atom. The molecule has 6 heterocycles. The van der Waals surface area contributed by atoms with Crippen molar-refractivity contribution in [3.63, 3.8) is 0 Å². The van der Waals surface area contributed by atoms with Crippen LogP contribution in [0.1, 0.15) is 98.3 Å². The van der Waals surface area contributed by atoms with Crippen LogP contribution in [0.4, 0.5) is 21.5 Å². The van der Waals surface area contributed by atoms with Crippen molar-refractivity contribution in [2.75, 3.05) is 80.1 Å². The molecular weight excluding hydrogens is 786 g/mol. The molecule has 6 aliphatic rings. The first kappa shape index (κ1) is 42.3. The Morgan fingerprint density at radius 2 is 1.35 bits per heavy atom. The number of nitrogens with one attached hydrogen (secondary N) is 1. The molecule has 2 N–H and O–H groups in total. The summed E-state index contributed by atoms with van der Waals surface area (Å²) in [5.74, 6) is -0.664. The van der Waals surface area contributed by atoms with E-state index in [2.05, 4.69) is 62.2 Å². The van der Waals surface area contributed by atoms with Crippen LogP contribution in [0.5, 0.6) is 5.75 Å². The number of para-hydroxylation sites is 1. The van der Waals surface area contributed by atoms with Gasteiger partial charge in [0.15, 0.2) is 11.6 Å². The summed E-state index contributed by atoms with van der Waals surface area (Å²) < 4.78 is 14.4. The van der Waals surface area contributed by atoms with E-state index >= 15 is 0 Å². The van der Waals surface area contributed by atoms with Crippen LogP contribution in [0.3, 0.4) is 0 Å². The van der Waals surface area contributed by atoms with Gasteiger partial charge in [-0.2, -0.15) is 0 Å². The number of nitrogens with zero attached hydrogens (tertiary/aromatic N) is 6. The Labute approximate surface area is 365 Å². The maximum absolute atomic E-state index is 14.4. The second-order valence-electron chi connectivity index (χ2n) is 18.8. The van der Waals surface area contributed by atoms with Crippen LogP contribution in [-0.4, -0.2) is 115 Å². The van der Waals surface area contributed by atoms with Crippen LogP contribution < -0.4 is 20.0 Å². The predicted molar refractivity (Wildman–Crippen MR) is 238 cm³/mol. The van der Waals surface area contributed by atoms with Crippen molar-refractivity contribution in [2.24, 2.45) is 17.3 Å². The summed E-state index contributed by atoms with van der Waals surface area (Å²) in [6.45, 7) is 17.4. The van der Waals surface area contributed by atoms with Gasteiger partial charge in [0.05, 0.1) is 17.1 Å². The van der Waals surface area contributed by atoms with Gasteiger partial charge in [-0.05, 0) is 123 Å². The fourth-order valence-corrected chi connectivity index (χ4v) is 11.5. The van der Waals surface area contributed by atoms with E-state index in [9.17, 15) is 28.7 Å². The van der Waals surface area contributed by atoms with Gasteiger partial charge in [-0.15, -0.1) is 0 Å². The lowest BCUT2D eigenvalue weighted by Crippen LogP contribution is -2.63. The van der Waals surface area contributed by atoms with Crippen molar-refractivity contribution in [1.29, 1.82) is 0 Å². The van der Waals surface area contributed by atoms with Gasteiger partial charge in [0, 0.05) is 95.4 Å². The molecule has 5 fully saturated rings. The van der Waals surface area contributed by atoms with Crippen LogP contribution in [0.25, 0.3) is 0 Å². The molecule has 5 saturated heterocycles. The number of rotatable bonds is 11. The standard InChI is InChI=1S/C49H62FN7O5/c1-4-49(5-2)45(57(48(49)62)41-8-6-7-40(50)44(41)59)38-11-9-36(27-32(38)3)54-19-15-33(16-20-54)29-52-23-25-53(26-24-52)30-34-17-21-55(22-18-34)37-10-12-39-35(28-37)31-56(47(39)61)42-13-14-43(58)51-46(42)60/h6-12,27-28,33-34,42,45,59H,4-5,13-26,29-31H2,1-3H3,(H,51,58,60)/t42-,45-/m0/s1. The SMILES string of the molecule is CCC1(CC)C(=O)N(c2cccc(F)c2O)[C@H]1c1ccc(N2CCC(CN3CCN(CC4CCN(c5ccc6c(c5)CN([C@H]5CCC(=O)NC5=O)C6=O)CC4)CC3)CC2)cc1C. The van der Waals surface area contributed by atoms with Crippen molar-refractivity contribution in [3.8, 4) is 5.75 Å². The number of hydrogen-bond acceptors (Lipinski definition) is 9. The van der Waals surface area contributed by atoms with Gasteiger partial charge in [-0.3, -0.25) is 29.4 Å². The number of phenols is 1. The molecule has 0 aliphatic carbocycles. The van der Waals surface area contributed by atoms with E-state index in [1.165, 1.54) is 11.8 Å². The van der Waals surface area contributed by atoms with Crippen LogP contribution in [-0.2, 0) is 20.9 Å². The number of imide groups is 1. The molecule has 330 valence electrons. The second-order valence-corrected chi connectivity index (χ2v) is 18.8. The number of piperazine rings is 1. The molecule has 13 heteroatoms. The van der Waals surface area contributed by atoms with E-state index in [0.29, 0.717) is 43.2 Å². The van der Waals surface area contributed by atoms with Gasteiger partial charge in [0.25, 0.3) is 5.91 Å². The maximum atomic E-state index is 14.4.